The van der Waals surface area contributed by atoms with Gasteiger partial charge in [0.25, 0.3) is 0 Å². The Morgan fingerprint density at radius 1 is 1.33 bits per heavy atom. The molecule has 1 aromatic rings. The van der Waals surface area contributed by atoms with Crippen molar-refractivity contribution in [1.29, 1.82) is 0 Å². The summed E-state index contributed by atoms with van der Waals surface area (Å²) in [6, 6.07) is -0.242. The Kier molecular flexibility index (Phi) is 5.80. The van der Waals surface area contributed by atoms with Gasteiger partial charge in [-0.1, -0.05) is 42.4 Å². The number of hydrogen-bond acceptors (Lipinski definition) is 7. The second-order valence-corrected chi connectivity index (χ2v) is 7.56. The number of nitrogens with zero attached hydrogens (tertiary/aromatic N) is 2. The van der Waals surface area contributed by atoms with Crippen molar-refractivity contribution in [2.24, 2.45) is 0 Å². The first kappa shape index (κ1) is 16.0. The summed E-state index contributed by atoms with van der Waals surface area (Å²) < 4.78 is 0.614. The minimum absolute atomic E-state index is 0.178. The molecule has 1 aliphatic carbocycles. The van der Waals surface area contributed by atoms with Crippen molar-refractivity contribution in [2.75, 3.05) is 5.73 Å². The Labute approximate surface area is 131 Å². The van der Waals surface area contributed by atoms with E-state index in [0.717, 1.165) is 25.7 Å². The number of nitrogen functional groups attached to an aromatic ring is 1. The van der Waals surface area contributed by atoms with Crippen molar-refractivity contribution in [3.63, 3.8) is 0 Å². The molecule has 116 valence electrons. The summed E-state index contributed by atoms with van der Waals surface area (Å²) in [5.74, 6) is -0.345. The van der Waals surface area contributed by atoms with Gasteiger partial charge in [0, 0.05) is 6.04 Å². The lowest BCUT2D eigenvalue weighted by Gasteiger charge is -2.22. The maximum Gasteiger partial charge on any atom is 0.321 e. The van der Waals surface area contributed by atoms with E-state index < -0.39 is 11.3 Å². The van der Waals surface area contributed by atoms with Crippen LogP contribution in [-0.4, -0.2) is 33.4 Å². The summed E-state index contributed by atoms with van der Waals surface area (Å²) in [5, 5.41) is 12.7. The van der Waals surface area contributed by atoms with Crippen LogP contribution in [0.5, 0.6) is 0 Å². The van der Waals surface area contributed by atoms with E-state index in [1.807, 2.05) is 0 Å². The highest BCUT2D eigenvalue weighted by Gasteiger charge is 2.21. The maximum atomic E-state index is 11.9. The Balaban J connectivity index is 1.75. The molecule has 9 heteroatoms. The van der Waals surface area contributed by atoms with Crippen molar-refractivity contribution >= 4 is 40.2 Å². The van der Waals surface area contributed by atoms with Crippen molar-refractivity contribution in [3.8, 4) is 0 Å². The fraction of sp³-hybridized carbons (Fsp3) is 0.667. The molecule has 0 spiro atoms. The van der Waals surface area contributed by atoms with E-state index >= 15 is 0 Å². The number of carbonyl (C=O) groups is 2. The highest BCUT2D eigenvalue weighted by atomic mass is 32.2. The molecule has 0 bridgehead atoms. The highest BCUT2D eigenvalue weighted by molar-refractivity contribution is 8.02. The third kappa shape index (κ3) is 5.16. The van der Waals surface area contributed by atoms with E-state index in [2.05, 4.69) is 20.8 Å². The molecule has 1 aliphatic rings. The van der Waals surface area contributed by atoms with E-state index in [1.54, 1.807) is 6.92 Å². The SMILES string of the molecule is C[C@H](Sc1nnc(N)s1)C(=O)NC(=O)NC1CCCCC1. The third-order valence-electron chi connectivity index (χ3n) is 3.25. The summed E-state index contributed by atoms with van der Waals surface area (Å²) in [4.78, 5) is 23.7. The van der Waals surface area contributed by atoms with Gasteiger partial charge in [0.05, 0.1) is 5.25 Å². The van der Waals surface area contributed by atoms with Crippen LogP contribution in [0.3, 0.4) is 0 Å². The molecule has 0 aromatic carbocycles. The van der Waals surface area contributed by atoms with Crippen molar-refractivity contribution < 1.29 is 9.59 Å². The van der Waals surface area contributed by atoms with Gasteiger partial charge in [-0.3, -0.25) is 10.1 Å². The highest BCUT2D eigenvalue weighted by Crippen LogP contribution is 2.27. The second-order valence-electron chi connectivity index (χ2n) is 4.96. The van der Waals surface area contributed by atoms with Crippen LogP contribution in [0.1, 0.15) is 39.0 Å². The molecule has 0 aliphatic heterocycles. The number of imide groups is 1. The molecular weight excluding hydrogens is 310 g/mol. The topological polar surface area (TPSA) is 110 Å². The number of nitrogens with one attached hydrogen (secondary N) is 2. The number of amides is 3. The molecule has 1 heterocycles. The number of hydrogen-bond donors (Lipinski definition) is 3. The average molecular weight is 329 g/mol. The first-order valence-electron chi connectivity index (χ1n) is 6.91. The average Bonchev–Trinajstić information content (AvgIpc) is 2.85. The summed E-state index contributed by atoms with van der Waals surface area (Å²) in [6.45, 7) is 1.71. The first-order chi connectivity index (χ1) is 10.0. The minimum atomic E-state index is -0.436. The monoisotopic (exact) mass is 329 g/mol. The van der Waals surface area contributed by atoms with Crippen LogP contribution in [0.25, 0.3) is 0 Å². The molecule has 1 aromatic heterocycles. The number of rotatable bonds is 4. The van der Waals surface area contributed by atoms with E-state index in [9.17, 15) is 9.59 Å². The smallest absolute Gasteiger partial charge is 0.321 e. The predicted octanol–water partition coefficient (Wildman–Crippen LogP) is 1.76. The number of aromatic nitrogens is 2. The minimum Gasteiger partial charge on any atom is -0.374 e. The molecular formula is C12H19N5O2S2. The van der Waals surface area contributed by atoms with Gasteiger partial charge in [-0.05, 0) is 19.8 Å². The summed E-state index contributed by atoms with van der Waals surface area (Å²) in [7, 11) is 0. The van der Waals surface area contributed by atoms with Crippen molar-refractivity contribution in [1.82, 2.24) is 20.8 Å². The second kappa shape index (κ2) is 7.60. The summed E-state index contributed by atoms with van der Waals surface area (Å²) in [6.07, 6.45) is 5.44. The fourth-order valence-electron chi connectivity index (χ4n) is 2.15. The Morgan fingerprint density at radius 3 is 2.67 bits per heavy atom. The molecule has 0 unspecified atom stereocenters. The van der Waals surface area contributed by atoms with Gasteiger partial charge >= 0.3 is 6.03 Å². The molecule has 2 rings (SSSR count). The van der Waals surface area contributed by atoms with E-state index in [0.29, 0.717) is 9.47 Å². The quantitative estimate of drug-likeness (QED) is 0.726. The lowest BCUT2D eigenvalue weighted by molar-refractivity contribution is -0.119. The van der Waals surface area contributed by atoms with Gasteiger partial charge in [0.15, 0.2) is 4.34 Å². The molecule has 3 amide bonds. The molecule has 1 fully saturated rings. The maximum absolute atomic E-state index is 11.9. The molecule has 0 radical (unpaired) electrons. The Bertz CT molecular complexity index is 502. The summed E-state index contributed by atoms with van der Waals surface area (Å²) in [5.41, 5.74) is 5.48. The van der Waals surface area contributed by atoms with E-state index in [4.69, 9.17) is 5.73 Å². The molecule has 0 saturated heterocycles. The molecule has 4 N–H and O–H groups in total. The van der Waals surface area contributed by atoms with Gasteiger partial charge in [-0.15, -0.1) is 10.2 Å². The Morgan fingerprint density at radius 2 is 2.05 bits per heavy atom. The van der Waals surface area contributed by atoms with Gasteiger partial charge in [-0.2, -0.15) is 0 Å². The first-order valence-corrected chi connectivity index (χ1v) is 8.61. The van der Waals surface area contributed by atoms with E-state index in [-0.39, 0.29) is 11.9 Å². The summed E-state index contributed by atoms with van der Waals surface area (Å²) >= 11 is 2.45. The number of anilines is 1. The van der Waals surface area contributed by atoms with Gasteiger partial charge < -0.3 is 11.1 Å². The number of thioether (sulfide) groups is 1. The fourth-order valence-corrected chi connectivity index (χ4v) is 3.93. The lowest BCUT2D eigenvalue weighted by atomic mass is 9.96. The Hall–Kier alpha value is -1.35. The van der Waals surface area contributed by atoms with Crippen LogP contribution in [0.2, 0.25) is 0 Å². The molecule has 7 nitrogen and oxygen atoms in total. The molecule has 1 atom stereocenters. The van der Waals surface area contributed by atoms with Gasteiger partial charge in [0.1, 0.15) is 0 Å². The number of carbonyl (C=O) groups excluding carboxylic acids is 2. The van der Waals surface area contributed by atoms with Crippen molar-refractivity contribution in [2.45, 2.75) is 54.7 Å². The van der Waals surface area contributed by atoms with Crippen LogP contribution in [-0.2, 0) is 4.79 Å². The predicted molar refractivity (Wildman–Crippen MR) is 83.2 cm³/mol. The standard InChI is InChI=1S/C12H19N5O2S2/c1-7(20-12-17-16-10(13)21-12)9(18)15-11(19)14-8-5-3-2-4-6-8/h7-8H,2-6H2,1H3,(H2,13,16)(H2,14,15,18,19)/t7-/m0/s1. The van der Waals surface area contributed by atoms with Crippen molar-refractivity contribution in [3.05, 3.63) is 0 Å². The number of nitrogens with two attached hydrogens (primary N) is 1. The zero-order valence-electron chi connectivity index (χ0n) is 11.8. The largest absolute Gasteiger partial charge is 0.374 e. The van der Waals surface area contributed by atoms with Crippen LogP contribution in [0, 0.1) is 0 Å². The van der Waals surface area contributed by atoms with Crippen LogP contribution in [0.4, 0.5) is 9.93 Å². The normalized spacial score (nSPS) is 17.2. The zero-order valence-corrected chi connectivity index (χ0v) is 13.4. The van der Waals surface area contributed by atoms with Crippen LogP contribution >= 0.6 is 23.1 Å². The molecule has 21 heavy (non-hydrogen) atoms. The lowest BCUT2D eigenvalue weighted by Crippen LogP contribution is -2.47. The van der Waals surface area contributed by atoms with Gasteiger partial charge in [-0.25, -0.2) is 4.79 Å². The van der Waals surface area contributed by atoms with Crippen LogP contribution < -0.4 is 16.4 Å². The van der Waals surface area contributed by atoms with Gasteiger partial charge in [0.2, 0.25) is 11.0 Å². The van der Waals surface area contributed by atoms with Crippen LogP contribution in [0.15, 0.2) is 4.34 Å². The zero-order chi connectivity index (χ0) is 15.2. The molecule has 1 saturated carbocycles. The third-order valence-corrected chi connectivity index (χ3v) is 5.18. The van der Waals surface area contributed by atoms with E-state index in [1.165, 1.54) is 29.5 Å². The number of urea groups is 1.